The fourth-order valence-corrected chi connectivity index (χ4v) is 4.91. The van der Waals surface area contributed by atoms with Crippen LogP contribution in [0.1, 0.15) is 61.2 Å². The van der Waals surface area contributed by atoms with Gasteiger partial charge in [0.15, 0.2) is 6.61 Å². The van der Waals surface area contributed by atoms with Crippen molar-refractivity contribution in [2.45, 2.75) is 46.1 Å². The van der Waals surface area contributed by atoms with Gasteiger partial charge in [0.05, 0.1) is 12.6 Å². The molecule has 1 aliphatic rings. The number of ether oxygens (including phenoxy) is 2. The quantitative estimate of drug-likeness (QED) is 0.544. The highest BCUT2D eigenvalue weighted by Gasteiger charge is 2.22. The van der Waals surface area contributed by atoms with E-state index in [-0.39, 0.29) is 18.4 Å². The summed E-state index contributed by atoms with van der Waals surface area (Å²) in [5.41, 5.74) is 3.73. The van der Waals surface area contributed by atoms with Crippen LogP contribution in [-0.2, 0) is 22.3 Å². The maximum atomic E-state index is 12.6. The van der Waals surface area contributed by atoms with Gasteiger partial charge in [-0.2, -0.15) is 0 Å². The lowest BCUT2D eigenvalue weighted by molar-refractivity contribution is 0.0479. The number of rotatable bonds is 7. The number of ketones is 1. The van der Waals surface area contributed by atoms with Crippen molar-refractivity contribution in [2.24, 2.45) is 0 Å². The summed E-state index contributed by atoms with van der Waals surface area (Å²) in [5, 5.41) is 0. The lowest BCUT2D eigenvalue weighted by atomic mass is 10.1. The van der Waals surface area contributed by atoms with Gasteiger partial charge in [0, 0.05) is 28.9 Å². The Morgan fingerprint density at radius 3 is 2.73 bits per heavy atom. The van der Waals surface area contributed by atoms with Crippen LogP contribution in [0.15, 0.2) is 12.1 Å². The second-order valence-corrected chi connectivity index (χ2v) is 8.01. The van der Waals surface area contributed by atoms with Crippen molar-refractivity contribution in [3.8, 4) is 0 Å². The number of esters is 1. The zero-order valence-corrected chi connectivity index (χ0v) is 16.6. The molecule has 0 saturated carbocycles. The van der Waals surface area contributed by atoms with Gasteiger partial charge in [-0.3, -0.25) is 4.79 Å². The molecule has 0 unspecified atom stereocenters. The third kappa shape index (κ3) is 3.62. The van der Waals surface area contributed by atoms with Crippen molar-refractivity contribution in [3.63, 3.8) is 0 Å². The van der Waals surface area contributed by atoms with Crippen LogP contribution in [-0.4, -0.2) is 36.6 Å². The summed E-state index contributed by atoms with van der Waals surface area (Å²) in [6, 6.07) is 3.91. The predicted molar refractivity (Wildman–Crippen MR) is 101 cm³/mol. The van der Waals surface area contributed by atoms with Gasteiger partial charge in [0.2, 0.25) is 5.78 Å². The second-order valence-electron chi connectivity index (χ2n) is 6.87. The molecule has 0 fully saturated rings. The molecule has 0 saturated heterocycles. The van der Waals surface area contributed by atoms with Gasteiger partial charge in [-0.05, 0) is 57.7 Å². The molecule has 1 aliphatic carbocycles. The van der Waals surface area contributed by atoms with Crippen LogP contribution >= 0.6 is 11.3 Å². The summed E-state index contributed by atoms with van der Waals surface area (Å²) in [5.74, 6) is -0.578. The SMILES string of the molecule is COC[C@H](C)n1c(C)cc(C(=O)COC(=O)c2cc3c(s2)CCC3)c1C. The van der Waals surface area contributed by atoms with Gasteiger partial charge < -0.3 is 14.0 Å². The third-order valence-corrected chi connectivity index (χ3v) is 6.13. The molecule has 2 aromatic rings. The molecular formula is C20H25NO4S. The molecule has 0 amide bonds. The highest BCUT2D eigenvalue weighted by Crippen LogP contribution is 2.31. The Bertz CT molecular complexity index is 812. The molecular weight excluding hydrogens is 350 g/mol. The number of Topliss-reactive ketones (excluding diaryl/α,β-unsaturated/α-hetero) is 1. The van der Waals surface area contributed by atoms with Gasteiger partial charge in [0.25, 0.3) is 0 Å². The highest BCUT2D eigenvalue weighted by molar-refractivity contribution is 7.14. The fourth-order valence-electron chi connectivity index (χ4n) is 3.76. The van der Waals surface area contributed by atoms with Gasteiger partial charge in [-0.25, -0.2) is 4.79 Å². The second kappa shape index (κ2) is 7.76. The van der Waals surface area contributed by atoms with Crippen molar-refractivity contribution in [1.29, 1.82) is 0 Å². The van der Waals surface area contributed by atoms with Crippen LogP contribution in [0.3, 0.4) is 0 Å². The first-order chi connectivity index (χ1) is 12.4. The largest absolute Gasteiger partial charge is 0.453 e. The van der Waals surface area contributed by atoms with E-state index in [0.717, 1.165) is 30.7 Å². The van der Waals surface area contributed by atoms with Crippen molar-refractivity contribution >= 4 is 23.1 Å². The van der Waals surface area contributed by atoms with Crippen molar-refractivity contribution < 1.29 is 19.1 Å². The monoisotopic (exact) mass is 375 g/mol. The number of aryl methyl sites for hydroxylation is 3. The Kier molecular flexibility index (Phi) is 5.63. The number of hydrogen-bond donors (Lipinski definition) is 0. The van der Waals surface area contributed by atoms with Gasteiger partial charge in [0.1, 0.15) is 4.88 Å². The number of nitrogens with zero attached hydrogens (tertiary/aromatic N) is 1. The van der Waals surface area contributed by atoms with E-state index in [1.165, 1.54) is 21.8 Å². The Morgan fingerprint density at radius 2 is 2.04 bits per heavy atom. The number of fused-ring (bicyclic) bond motifs is 1. The van der Waals surface area contributed by atoms with E-state index in [0.29, 0.717) is 17.0 Å². The third-order valence-electron chi connectivity index (χ3n) is 4.92. The van der Waals surface area contributed by atoms with Crippen LogP contribution in [0.2, 0.25) is 0 Å². The number of carbonyl (C=O) groups excluding carboxylic acids is 2. The van der Waals surface area contributed by atoms with Crippen LogP contribution < -0.4 is 0 Å². The first-order valence-corrected chi connectivity index (χ1v) is 9.73. The average Bonchev–Trinajstić information content (AvgIpc) is 3.26. The molecule has 0 aliphatic heterocycles. The Morgan fingerprint density at radius 1 is 1.27 bits per heavy atom. The van der Waals surface area contributed by atoms with Crippen LogP contribution in [0.25, 0.3) is 0 Å². The molecule has 0 bridgehead atoms. The molecule has 0 aromatic carbocycles. The molecule has 0 radical (unpaired) electrons. The summed E-state index contributed by atoms with van der Waals surface area (Å²) in [6.07, 6.45) is 3.23. The summed E-state index contributed by atoms with van der Waals surface area (Å²) < 4.78 is 12.6. The summed E-state index contributed by atoms with van der Waals surface area (Å²) in [7, 11) is 1.66. The number of carbonyl (C=O) groups is 2. The summed E-state index contributed by atoms with van der Waals surface area (Å²) in [4.78, 5) is 26.7. The topological polar surface area (TPSA) is 57.5 Å². The molecule has 140 valence electrons. The maximum Gasteiger partial charge on any atom is 0.348 e. The van der Waals surface area contributed by atoms with E-state index in [4.69, 9.17) is 9.47 Å². The van der Waals surface area contributed by atoms with Gasteiger partial charge >= 0.3 is 5.97 Å². The molecule has 3 rings (SSSR count). The van der Waals surface area contributed by atoms with Crippen LogP contribution in [0.4, 0.5) is 0 Å². The lowest BCUT2D eigenvalue weighted by Gasteiger charge is -2.17. The molecule has 1 atom stereocenters. The number of hydrogen-bond acceptors (Lipinski definition) is 5. The maximum absolute atomic E-state index is 12.6. The van der Waals surface area contributed by atoms with E-state index in [1.54, 1.807) is 7.11 Å². The zero-order chi connectivity index (χ0) is 18.8. The lowest BCUT2D eigenvalue weighted by Crippen LogP contribution is -2.16. The molecule has 2 heterocycles. The molecule has 2 aromatic heterocycles. The standard InChI is InChI=1S/C20H25NO4S/c1-12-8-16(14(3)21(12)13(2)10-24-4)17(22)11-25-20(23)19-9-15-6-5-7-18(15)26-19/h8-9,13H,5-7,10-11H2,1-4H3/t13-/m0/s1. The Labute approximate surface area is 157 Å². The first kappa shape index (κ1) is 18.9. The Balaban J connectivity index is 1.66. The Hall–Kier alpha value is -1.92. The zero-order valence-electron chi connectivity index (χ0n) is 15.8. The molecule has 26 heavy (non-hydrogen) atoms. The predicted octanol–water partition coefficient (Wildman–Crippen LogP) is 3.90. The molecule has 5 nitrogen and oxygen atoms in total. The first-order valence-electron chi connectivity index (χ1n) is 8.91. The molecule has 0 spiro atoms. The normalized spacial score (nSPS) is 14.3. The number of aromatic nitrogens is 1. The highest BCUT2D eigenvalue weighted by atomic mass is 32.1. The average molecular weight is 375 g/mol. The summed E-state index contributed by atoms with van der Waals surface area (Å²) in [6.45, 7) is 6.27. The van der Waals surface area contributed by atoms with Crippen molar-refractivity contribution in [2.75, 3.05) is 20.3 Å². The van der Waals surface area contributed by atoms with Crippen LogP contribution in [0, 0.1) is 13.8 Å². The van der Waals surface area contributed by atoms with Crippen molar-refractivity contribution in [3.05, 3.63) is 44.4 Å². The van der Waals surface area contributed by atoms with E-state index >= 15 is 0 Å². The van der Waals surface area contributed by atoms with Crippen LogP contribution in [0.5, 0.6) is 0 Å². The number of methoxy groups -OCH3 is 1. The fraction of sp³-hybridized carbons (Fsp3) is 0.500. The minimum atomic E-state index is -0.403. The number of thiophene rings is 1. The van der Waals surface area contributed by atoms with Gasteiger partial charge in [-0.15, -0.1) is 11.3 Å². The molecule has 0 N–H and O–H groups in total. The van der Waals surface area contributed by atoms with E-state index in [1.807, 2.05) is 32.9 Å². The minimum Gasteiger partial charge on any atom is -0.453 e. The van der Waals surface area contributed by atoms with Gasteiger partial charge in [-0.1, -0.05) is 0 Å². The molecule has 6 heteroatoms. The van der Waals surface area contributed by atoms with E-state index in [2.05, 4.69) is 4.57 Å². The van der Waals surface area contributed by atoms with E-state index in [9.17, 15) is 9.59 Å². The van der Waals surface area contributed by atoms with E-state index < -0.39 is 5.97 Å². The minimum absolute atomic E-state index is 0.137. The summed E-state index contributed by atoms with van der Waals surface area (Å²) >= 11 is 1.49. The van der Waals surface area contributed by atoms with Crippen molar-refractivity contribution in [1.82, 2.24) is 4.57 Å². The smallest absolute Gasteiger partial charge is 0.348 e.